The summed E-state index contributed by atoms with van der Waals surface area (Å²) in [6, 6.07) is 5.79. The number of nitrogens with one attached hydrogen (secondary N) is 1. The lowest BCUT2D eigenvalue weighted by atomic mass is 9.89. The molecular formula is C14H19BrFNO. The third-order valence-electron chi connectivity index (χ3n) is 3.47. The van der Waals surface area contributed by atoms with Crippen molar-refractivity contribution in [2.24, 2.45) is 0 Å². The molecule has 1 fully saturated rings. The van der Waals surface area contributed by atoms with Crippen LogP contribution in [0.15, 0.2) is 22.7 Å². The maximum atomic E-state index is 14.7. The monoisotopic (exact) mass is 315 g/mol. The molecule has 1 unspecified atom stereocenters. The molecule has 1 atom stereocenters. The van der Waals surface area contributed by atoms with Crippen LogP contribution in [0.5, 0.6) is 5.75 Å². The number of benzene rings is 1. The molecule has 0 aliphatic carbocycles. The quantitative estimate of drug-likeness (QED) is 0.922. The Balaban J connectivity index is 2.10. The molecule has 1 aromatic rings. The van der Waals surface area contributed by atoms with Crippen LogP contribution in [0.25, 0.3) is 0 Å². The molecule has 1 aliphatic heterocycles. The Morgan fingerprint density at radius 2 is 2.22 bits per heavy atom. The highest BCUT2D eigenvalue weighted by Crippen LogP contribution is 2.32. The molecule has 0 radical (unpaired) electrons. The molecular weight excluding hydrogens is 297 g/mol. The SMILES string of the molecule is COc1ccc(CC2(F)CCCNCC2)cc1Br. The maximum Gasteiger partial charge on any atom is 0.133 e. The van der Waals surface area contributed by atoms with Gasteiger partial charge in [-0.1, -0.05) is 6.07 Å². The molecule has 18 heavy (non-hydrogen) atoms. The van der Waals surface area contributed by atoms with Gasteiger partial charge in [0, 0.05) is 6.42 Å². The first-order chi connectivity index (χ1) is 8.63. The number of methoxy groups -OCH3 is 1. The van der Waals surface area contributed by atoms with Gasteiger partial charge in [-0.15, -0.1) is 0 Å². The average molecular weight is 316 g/mol. The van der Waals surface area contributed by atoms with Crippen molar-refractivity contribution in [1.82, 2.24) is 5.32 Å². The van der Waals surface area contributed by atoms with E-state index in [-0.39, 0.29) is 0 Å². The summed E-state index contributed by atoms with van der Waals surface area (Å²) in [5, 5.41) is 3.25. The largest absolute Gasteiger partial charge is 0.496 e. The summed E-state index contributed by atoms with van der Waals surface area (Å²) in [5.74, 6) is 0.786. The van der Waals surface area contributed by atoms with Gasteiger partial charge in [0.2, 0.25) is 0 Å². The standard InChI is InChI=1S/C14H19BrFNO/c1-18-13-4-3-11(9-12(13)15)10-14(16)5-2-7-17-8-6-14/h3-4,9,17H,2,5-8,10H2,1H3. The van der Waals surface area contributed by atoms with Crippen LogP contribution in [0.1, 0.15) is 24.8 Å². The van der Waals surface area contributed by atoms with Crippen molar-refractivity contribution in [3.63, 3.8) is 0 Å². The summed E-state index contributed by atoms with van der Waals surface area (Å²) in [6.45, 7) is 1.70. The van der Waals surface area contributed by atoms with E-state index in [1.165, 1.54) is 0 Å². The number of alkyl halides is 1. The van der Waals surface area contributed by atoms with Crippen molar-refractivity contribution in [2.45, 2.75) is 31.4 Å². The number of hydrogen-bond acceptors (Lipinski definition) is 2. The fourth-order valence-electron chi connectivity index (χ4n) is 2.46. The topological polar surface area (TPSA) is 21.3 Å². The molecule has 1 aliphatic rings. The van der Waals surface area contributed by atoms with Gasteiger partial charge in [-0.2, -0.15) is 0 Å². The van der Waals surface area contributed by atoms with Crippen LogP contribution in [0.3, 0.4) is 0 Å². The number of halogens is 2. The zero-order valence-corrected chi connectivity index (χ0v) is 12.2. The minimum absolute atomic E-state index is 0.483. The molecule has 0 bridgehead atoms. The Morgan fingerprint density at radius 1 is 1.39 bits per heavy atom. The van der Waals surface area contributed by atoms with Crippen LogP contribution in [-0.2, 0) is 6.42 Å². The van der Waals surface area contributed by atoms with Crippen molar-refractivity contribution in [3.05, 3.63) is 28.2 Å². The number of hydrogen-bond donors (Lipinski definition) is 1. The van der Waals surface area contributed by atoms with Crippen LogP contribution in [-0.4, -0.2) is 25.9 Å². The van der Waals surface area contributed by atoms with E-state index in [0.717, 1.165) is 35.3 Å². The lowest BCUT2D eigenvalue weighted by Gasteiger charge is -2.23. The highest BCUT2D eigenvalue weighted by atomic mass is 79.9. The molecule has 0 aromatic heterocycles. The predicted octanol–water partition coefficient (Wildman–Crippen LogP) is 3.48. The van der Waals surface area contributed by atoms with E-state index in [4.69, 9.17) is 4.74 Å². The zero-order valence-electron chi connectivity index (χ0n) is 10.6. The Labute approximate surface area is 116 Å². The smallest absolute Gasteiger partial charge is 0.133 e. The van der Waals surface area contributed by atoms with Crippen molar-refractivity contribution < 1.29 is 9.13 Å². The summed E-state index contributed by atoms with van der Waals surface area (Å²) in [7, 11) is 1.63. The summed E-state index contributed by atoms with van der Waals surface area (Å²) in [4.78, 5) is 0. The second kappa shape index (κ2) is 6.02. The molecule has 0 saturated carbocycles. The third kappa shape index (κ3) is 3.45. The van der Waals surface area contributed by atoms with Crippen LogP contribution >= 0.6 is 15.9 Å². The maximum absolute atomic E-state index is 14.7. The molecule has 2 nitrogen and oxygen atoms in total. The van der Waals surface area contributed by atoms with E-state index in [9.17, 15) is 4.39 Å². The van der Waals surface area contributed by atoms with Gasteiger partial charge in [0.25, 0.3) is 0 Å². The summed E-state index contributed by atoms with van der Waals surface area (Å²) in [5.41, 5.74) is -0.0515. The van der Waals surface area contributed by atoms with Gasteiger partial charge >= 0.3 is 0 Å². The van der Waals surface area contributed by atoms with E-state index < -0.39 is 5.67 Å². The molecule has 2 rings (SSSR count). The van der Waals surface area contributed by atoms with Gasteiger partial charge in [0.15, 0.2) is 0 Å². The number of rotatable bonds is 3. The fourth-order valence-corrected chi connectivity index (χ4v) is 3.04. The first-order valence-electron chi connectivity index (χ1n) is 6.35. The Morgan fingerprint density at radius 3 is 2.94 bits per heavy atom. The van der Waals surface area contributed by atoms with Crippen molar-refractivity contribution in [3.8, 4) is 5.75 Å². The van der Waals surface area contributed by atoms with Crippen molar-refractivity contribution >= 4 is 15.9 Å². The molecule has 1 aromatic carbocycles. The summed E-state index contributed by atoms with van der Waals surface area (Å²) >= 11 is 3.45. The van der Waals surface area contributed by atoms with Gasteiger partial charge < -0.3 is 10.1 Å². The molecule has 1 heterocycles. The average Bonchev–Trinajstić information content (AvgIpc) is 2.54. The molecule has 100 valence electrons. The minimum Gasteiger partial charge on any atom is -0.496 e. The Hall–Kier alpha value is -0.610. The third-order valence-corrected chi connectivity index (χ3v) is 4.09. The normalized spacial score (nSPS) is 24.6. The lowest BCUT2D eigenvalue weighted by molar-refractivity contribution is 0.144. The number of ether oxygens (including phenoxy) is 1. The fraction of sp³-hybridized carbons (Fsp3) is 0.571. The summed E-state index contributed by atoms with van der Waals surface area (Å²) < 4.78 is 20.8. The van der Waals surface area contributed by atoms with Gasteiger partial charge in [-0.25, -0.2) is 4.39 Å². The molecule has 0 amide bonds. The second-order valence-electron chi connectivity index (χ2n) is 4.90. The van der Waals surface area contributed by atoms with Gasteiger partial charge in [-0.05, 0) is 66.0 Å². The van der Waals surface area contributed by atoms with Crippen LogP contribution < -0.4 is 10.1 Å². The summed E-state index contributed by atoms with van der Waals surface area (Å²) in [6.07, 6.45) is 2.63. The second-order valence-corrected chi connectivity index (χ2v) is 5.75. The van der Waals surface area contributed by atoms with E-state index >= 15 is 0 Å². The Kier molecular flexibility index (Phi) is 4.62. The van der Waals surface area contributed by atoms with E-state index in [1.54, 1.807) is 7.11 Å². The van der Waals surface area contributed by atoms with Crippen LogP contribution in [0, 0.1) is 0 Å². The van der Waals surface area contributed by atoms with E-state index in [1.807, 2.05) is 18.2 Å². The lowest BCUT2D eigenvalue weighted by Crippen LogP contribution is -2.27. The van der Waals surface area contributed by atoms with E-state index in [2.05, 4.69) is 21.2 Å². The van der Waals surface area contributed by atoms with E-state index in [0.29, 0.717) is 19.3 Å². The predicted molar refractivity (Wildman–Crippen MR) is 75.0 cm³/mol. The first kappa shape index (κ1) is 13.8. The molecule has 1 saturated heterocycles. The van der Waals surface area contributed by atoms with Crippen molar-refractivity contribution in [2.75, 3.05) is 20.2 Å². The van der Waals surface area contributed by atoms with Crippen LogP contribution in [0.4, 0.5) is 4.39 Å². The van der Waals surface area contributed by atoms with Gasteiger partial charge in [0.1, 0.15) is 11.4 Å². The van der Waals surface area contributed by atoms with Crippen LogP contribution in [0.2, 0.25) is 0 Å². The Bertz CT molecular complexity index is 403. The minimum atomic E-state index is -1.07. The highest BCUT2D eigenvalue weighted by Gasteiger charge is 2.30. The zero-order chi connectivity index (χ0) is 13.0. The van der Waals surface area contributed by atoms with Gasteiger partial charge in [-0.3, -0.25) is 0 Å². The first-order valence-corrected chi connectivity index (χ1v) is 7.14. The molecule has 4 heteroatoms. The van der Waals surface area contributed by atoms with Crippen molar-refractivity contribution in [1.29, 1.82) is 0 Å². The van der Waals surface area contributed by atoms with Gasteiger partial charge in [0.05, 0.1) is 11.6 Å². The molecule has 1 N–H and O–H groups in total. The molecule has 0 spiro atoms. The highest BCUT2D eigenvalue weighted by molar-refractivity contribution is 9.10.